The molecule has 0 spiro atoms. The van der Waals surface area contributed by atoms with Gasteiger partial charge < -0.3 is 5.32 Å². The summed E-state index contributed by atoms with van der Waals surface area (Å²) in [6.07, 6.45) is 0.711. The van der Waals surface area contributed by atoms with E-state index in [1.807, 2.05) is 43.3 Å². The van der Waals surface area contributed by atoms with Crippen molar-refractivity contribution in [3.8, 4) is 0 Å². The zero-order valence-electron chi connectivity index (χ0n) is 12.1. The van der Waals surface area contributed by atoms with Crippen LogP contribution in [-0.2, 0) is 11.2 Å². The first-order valence-corrected chi connectivity index (χ1v) is 7.39. The minimum Gasteiger partial charge on any atom is -0.350 e. The van der Waals surface area contributed by atoms with Crippen molar-refractivity contribution >= 4 is 5.91 Å². The SMILES string of the molecule is CC1NC(=O)C(Cc2ccccc2)NC1c1ccccc1. The van der Waals surface area contributed by atoms with Crippen molar-refractivity contribution in [2.75, 3.05) is 0 Å². The molecule has 2 N–H and O–H groups in total. The van der Waals surface area contributed by atoms with Gasteiger partial charge in [0.05, 0.1) is 12.1 Å². The fourth-order valence-electron chi connectivity index (χ4n) is 2.89. The molecule has 1 fully saturated rings. The average Bonchev–Trinajstić information content (AvgIpc) is 2.52. The van der Waals surface area contributed by atoms with Crippen LogP contribution in [0.25, 0.3) is 0 Å². The van der Waals surface area contributed by atoms with Crippen molar-refractivity contribution in [1.29, 1.82) is 0 Å². The van der Waals surface area contributed by atoms with E-state index in [2.05, 4.69) is 34.9 Å². The molecule has 2 aromatic rings. The van der Waals surface area contributed by atoms with E-state index in [0.29, 0.717) is 6.42 Å². The van der Waals surface area contributed by atoms with E-state index in [4.69, 9.17) is 0 Å². The predicted octanol–water partition coefficient (Wildman–Crippen LogP) is 2.45. The van der Waals surface area contributed by atoms with E-state index in [9.17, 15) is 4.79 Å². The second kappa shape index (κ2) is 6.10. The second-order valence-corrected chi connectivity index (χ2v) is 5.59. The maximum Gasteiger partial charge on any atom is 0.237 e. The maximum absolute atomic E-state index is 12.2. The van der Waals surface area contributed by atoms with Crippen LogP contribution in [0, 0.1) is 0 Å². The number of carbonyl (C=O) groups excluding carboxylic acids is 1. The van der Waals surface area contributed by atoms with Gasteiger partial charge in [0.15, 0.2) is 0 Å². The molecule has 108 valence electrons. The molecule has 1 saturated heterocycles. The zero-order chi connectivity index (χ0) is 14.7. The van der Waals surface area contributed by atoms with Crippen LogP contribution in [0.2, 0.25) is 0 Å². The van der Waals surface area contributed by atoms with E-state index >= 15 is 0 Å². The molecule has 0 aliphatic carbocycles. The number of carbonyl (C=O) groups is 1. The molecular formula is C18H20N2O. The van der Waals surface area contributed by atoms with E-state index in [-0.39, 0.29) is 24.0 Å². The van der Waals surface area contributed by atoms with Crippen LogP contribution in [0.3, 0.4) is 0 Å². The van der Waals surface area contributed by atoms with Crippen molar-refractivity contribution in [2.24, 2.45) is 0 Å². The highest BCUT2D eigenvalue weighted by atomic mass is 16.2. The van der Waals surface area contributed by atoms with Crippen LogP contribution in [0.1, 0.15) is 24.1 Å². The van der Waals surface area contributed by atoms with E-state index in [1.54, 1.807) is 0 Å². The highest BCUT2D eigenvalue weighted by Gasteiger charge is 2.33. The number of nitrogens with one attached hydrogen (secondary N) is 2. The van der Waals surface area contributed by atoms with Gasteiger partial charge >= 0.3 is 0 Å². The van der Waals surface area contributed by atoms with Crippen LogP contribution in [0.15, 0.2) is 60.7 Å². The van der Waals surface area contributed by atoms with Gasteiger partial charge in [0.25, 0.3) is 0 Å². The number of hydrogen-bond acceptors (Lipinski definition) is 2. The minimum atomic E-state index is -0.186. The molecule has 3 heteroatoms. The third-order valence-electron chi connectivity index (χ3n) is 4.01. The smallest absolute Gasteiger partial charge is 0.237 e. The summed E-state index contributed by atoms with van der Waals surface area (Å²) in [7, 11) is 0. The van der Waals surface area contributed by atoms with Gasteiger partial charge in [-0.1, -0.05) is 60.7 Å². The first kappa shape index (κ1) is 13.8. The topological polar surface area (TPSA) is 41.1 Å². The molecule has 0 radical (unpaired) electrons. The molecule has 3 unspecified atom stereocenters. The van der Waals surface area contributed by atoms with Gasteiger partial charge in [-0.2, -0.15) is 0 Å². The summed E-state index contributed by atoms with van der Waals surface area (Å²) in [5.74, 6) is 0.0820. The third-order valence-corrected chi connectivity index (χ3v) is 4.01. The Morgan fingerprint density at radius 1 is 0.952 bits per heavy atom. The van der Waals surface area contributed by atoms with Gasteiger partial charge in [-0.15, -0.1) is 0 Å². The van der Waals surface area contributed by atoms with Crippen molar-refractivity contribution in [2.45, 2.75) is 31.5 Å². The summed E-state index contributed by atoms with van der Waals surface area (Å²) in [6.45, 7) is 2.04. The largest absolute Gasteiger partial charge is 0.350 e. The standard InChI is InChI=1S/C18H20N2O/c1-13-17(15-10-6-3-7-11-15)20-16(18(21)19-13)12-14-8-4-2-5-9-14/h2-11,13,16-17,20H,12H2,1H3,(H,19,21). The number of amides is 1. The average molecular weight is 280 g/mol. The molecule has 1 aliphatic rings. The first-order valence-electron chi connectivity index (χ1n) is 7.39. The fourth-order valence-corrected chi connectivity index (χ4v) is 2.89. The molecule has 3 rings (SSSR count). The van der Waals surface area contributed by atoms with Gasteiger partial charge in [0.2, 0.25) is 5.91 Å². The quantitative estimate of drug-likeness (QED) is 0.906. The Hall–Kier alpha value is -2.13. The molecular weight excluding hydrogens is 260 g/mol. The maximum atomic E-state index is 12.2. The van der Waals surface area contributed by atoms with E-state index in [0.717, 1.165) is 0 Å². The Kier molecular flexibility index (Phi) is 4.02. The van der Waals surface area contributed by atoms with Crippen molar-refractivity contribution in [3.63, 3.8) is 0 Å². The lowest BCUT2D eigenvalue weighted by Crippen LogP contribution is -2.59. The Labute approximate surface area is 125 Å². The zero-order valence-corrected chi connectivity index (χ0v) is 12.1. The normalized spacial score (nSPS) is 25.4. The lowest BCUT2D eigenvalue weighted by molar-refractivity contribution is -0.126. The summed E-state index contributed by atoms with van der Waals surface area (Å²) in [6, 6.07) is 20.5. The molecule has 1 heterocycles. The molecule has 3 nitrogen and oxygen atoms in total. The lowest BCUT2D eigenvalue weighted by Gasteiger charge is -2.36. The highest BCUT2D eigenvalue weighted by molar-refractivity contribution is 5.83. The van der Waals surface area contributed by atoms with E-state index < -0.39 is 0 Å². The summed E-state index contributed by atoms with van der Waals surface area (Å²) >= 11 is 0. The van der Waals surface area contributed by atoms with Gasteiger partial charge in [0, 0.05) is 6.04 Å². The summed E-state index contributed by atoms with van der Waals surface area (Å²) < 4.78 is 0. The Bertz CT molecular complexity index is 597. The molecule has 1 aliphatic heterocycles. The number of piperazine rings is 1. The summed E-state index contributed by atoms with van der Waals surface area (Å²) in [5, 5.41) is 6.60. The highest BCUT2D eigenvalue weighted by Crippen LogP contribution is 2.21. The van der Waals surface area contributed by atoms with Crippen molar-refractivity contribution in [3.05, 3.63) is 71.8 Å². The molecule has 1 amide bonds. The number of rotatable bonds is 3. The predicted molar refractivity (Wildman–Crippen MR) is 83.9 cm³/mol. The Morgan fingerprint density at radius 2 is 1.57 bits per heavy atom. The third kappa shape index (κ3) is 3.14. The van der Waals surface area contributed by atoms with Gasteiger partial charge in [0.1, 0.15) is 0 Å². The number of benzene rings is 2. The van der Waals surface area contributed by atoms with Gasteiger partial charge in [-0.05, 0) is 24.5 Å². The molecule has 3 atom stereocenters. The fraction of sp³-hybridized carbons (Fsp3) is 0.278. The molecule has 0 aromatic heterocycles. The number of hydrogen-bond donors (Lipinski definition) is 2. The van der Waals surface area contributed by atoms with Crippen molar-refractivity contribution < 1.29 is 4.79 Å². The van der Waals surface area contributed by atoms with Gasteiger partial charge in [-0.3, -0.25) is 10.1 Å². The molecule has 2 aromatic carbocycles. The second-order valence-electron chi connectivity index (χ2n) is 5.59. The van der Waals surface area contributed by atoms with Crippen LogP contribution in [-0.4, -0.2) is 18.0 Å². The van der Waals surface area contributed by atoms with E-state index in [1.165, 1.54) is 11.1 Å². The van der Waals surface area contributed by atoms with Crippen LogP contribution < -0.4 is 10.6 Å². The Morgan fingerprint density at radius 3 is 2.24 bits per heavy atom. The van der Waals surface area contributed by atoms with Crippen LogP contribution in [0.4, 0.5) is 0 Å². The Balaban J connectivity index is 1.77. The molecule has 0 saturated carbocycles. The van der Waals surface area contributed by atoms with Gasteiger partial charge in [-0.25, -0.2) is 0 Å². The summed E-state index contributed by atoms with van der Waals surface area (Å²) in [4.78, 5) is 12.2. The molecule has 0 bridgehead atoms. The lowest BCUT2D eigenvalue weighted by atomic mass is 9.94. The van der Waals surface area contributed by atoms with Crippen LogP contribution in [0.5, 0.6) is 0 Å². The first-order chi connectivity index (χ1) is 10.2. The minimum absolute atomic E-state index is 0.0820. The van der Waals surface area contributed by atoms with Crippen LogP contribution >= 0.6 is 0 Å². The monoisotopic (exact) mass is 280 g/mol. The summed E-state index contributed by atoms with van der Waals surface area (Å²) in [5.41, 5.74) is 2.38. The molecule has 21 heavy (non-hydrogen) atoms. The van der Waals surface area contributed by atoms with Crippen molar-refractivity contribution in [1.82, 2.24) is 10.6 Å².